The fraction of sp³-hybridized carbons (Fsp3) is 0.300. The Balaban J connectivity index is 1.78. The van der Waals surface area contributed by atoms with Crippen molar-refractivity contribution in [1.82, 2.24) is 25.1 Å². The van der Waals surface area contributed by atoms with E-state index in [4.69, 9.17) is 4.74 Å². The second kappa shape index (κ2) is 8.08. The second-order valence-corrected chi connectivity index (χ2v) is 6.73. The molecule has 0 bridgehead atoms. The Bertz CT molecular complexity index is 1020. The Labute approximate surface area is 162 Å². The number of aromatic amines is 1. The lowest BCUT2D eigenvalue weighted by atomic mass is 10.1. The molecule has 146 valence electrons. The summed E-state index contributed by atoms with van der Waals surface area (Å²) < 4.78 is 7.01. The maximum absolute atomic E-state index is 12.6. The molecule has 0 saturated carbocycles. The molecule has 3 aromatic rings. The quantitative estimate of drug-likeness (QED) is 0.683. The van der Waals surface area contributed by atoms with E-state index in [9.17, 15) is 9.59 Å². The molecule has 0 saturated heterocycles. The lowest BCUT2D eigenvalue weighted by Gasteiger charge is -2.16. The number of benzene rings is 1. The molecular formula is C20H23N5O3. The monoisotopic (exact) mass is 381 g/mol. The molecule has 8 heteroatoms. The first-order valence-electron chi connectivity index (χ1n) is 8.98. The first-order valence-corrected chi connectivity index (χ1v) is 8.98. The molecule has 1 amide bonds. The van der Waals surface area contributed by atoms with Crippen molar-refractivity contribution in [1.29, 1.82) is 0 Å². The Morgan fingerprint density at radius 3 is 2.46 bits per heavy atom. The highest BCUT2D eigenvalue weighted by atomic mass is 16.5. The molecule has 1 atom stereocenters. The number of hydrogen-bond acceptors (Lipinski definition) is 5. The average Bonchev–Trinajstić information content (AvgIpc) is 3.18. The van der Waals surface area contributed by atoms with Crippen LogP contribution in [-0.4, -0.2) is 32.8 Å². The van der Waals surface area contributed by atoms with Crippen LogP contribution in [0.5, 0.6) is 5.75 Å². The summed E-state index contributed by atoms with van der Waals surface area (Å²) in [4.78, 5) is 27.8. The molecule has 0 spiro atoms. The Morgan fingerprint density at radius 2 is 1.86 bits per heavy atom. The molecule has 2 heterocycles. The highest BCUT2D eigenvalue weighted by Gasteiger charge is 2.19. The van der Waals surface area contributed by atoms with Gasteiger partial charge in [0.15, 0.2) is 5.82 Å². The summed E-state index contributed by atoms with van der Waals surface area (Å²) in [5.74, 6) is 0.897. The number of hydrogen-bond donors (Lipinski definition) is 2. The largest absolute Gasteiger partial charge is 0.497 e. The van der Waals surface area contributed by atoms with Crippen LogP contribution in [0.25, 0.3) is 11.3 Å². The SMILES string of the molecule is COc1ccc(-c2ccc(C(=O)NC(C)c3nncn3C(C)C)c(=O)[nH]2)cc1. The van der Waals surface area contributed by atoms with Crippen molar-refractivity contribution in [3.05, 3.63) is 64.5 Å². The van der Waals surface area contributed by atoms with Crippen LogP contribution in [0.3, 0.4) is 0 Å². The van der Waals surface area contributed by atoms with Gasteiger partial charge in [0.2, 0.25) is 0 Å². The molecule has 28 heavy (non-hydrogen) atoms. The maximum Gasteiger partial charge on any atom is 0.261 e. The third-order valence-electron chi connectivity index (χ3n) is 4.45. The van der Waals surface area contributed by atoms with Gasteiger partial charge in [0.1, 0.15) is 17.6 Å². The lowest BCUT2D eigenvalue weighted by molar-refractivity contribution is 0.0935. The predicted molar refractivity (Wildman–Crippen MR) is 105 cm³/mol. The number of pyridine rings is 1. The van der Waals surface area contributed by atoms with E-state index < -0.39 is 17.5 Å². The van der Waals surface area contributed by atoms with Gasteiger partial charge in [-0.15, -0.1) is 10.2 Å². The van der Waals surface area contributed by atoms with Crippen molar-refractivity contribution in [2.75, 3.05) is 7.11 Å². The number of rotatable bonds is 6. The molecule has 8 nitrogen and oxygen atoms in total. The van der Waals surface area contributed by atoms with Crippen LogP contribution in [0.2, 0.25) is 0 Å². The van der Waals surface area contributed by atoms with Crippen LogP contribution in [0, 0.1) is 0 Å². The summed E-state index contributed by atoms with van der Waals surface area (Å²) in [6.07, 6.45) is 1.62. The summed E-state index contributed by atoms with van der Waals surface area (Å²) in [5, 5.41) is 10.8. The zero-order valence-electron chi connectivity index (χ0n) is 16.3. The van der Waals surface area contributed by atoms with E-state index in [2.05, 4.69) is 20.5 Å². The Morgan fingerprint density at radius 1 is 1.14 bits per heavy atom. The number of amides is 1. The van der Waals surface area contributed by atoms with Gasteiger partial charge >= 0.3 is 0 Å². The number of aromatic nitrogens is 4. The van der Waals surface area contributed by atoms with E-state index in [0.717, 1.165) is 11.3 Å². The smallest absolute Gasteiger partial charge is 0.261 e. The standard InChI is InChI=1S/C20H23N5O3/c1-12(2)25-11-21-24-18(25)13(3)22-19(26)16-9-10-17(23-20(16)27)14-5-7-15(28-4)8-6-14/h5-13H,1-4H3,(H,22,26)(H,23,27). The van der Waals surface area contributed by atoms with Crippen LogP contribution >= 0.6 is 0 Å². The third kappa shape index (κ3) is 3.95. The summed E-state index contributed by atoms with van der Waals surface area (Å²) in [5.41, 5.74) is 1.03. The first-order chi connectivity index (χ1) is 13.4. The van der Waals surface area contributed by atoms with Crippen LogP contribution < -0.4 is 15.6 Å². The predicted octanol–water partition coefficient (Wildman–Crippen LogP) is 2.71. The summed E-state index contributed by atoms with van der Waals surface area (Å²) in [6, 6.07) is 10.3. The van der Waals surface area contributed by atoms with Crippen LogP contribution in [0.1, 0.15) is 49.0 Å². The van der Waals surface area contributed by atoms with Crippen molar-refractivity contribution < 1.29 is 9.53 Å². The molecule has 0 aliphatic rings. The summed E-state index contributed by atoms with van der Waals surface area (Å²) >= 11 is 0. The van der Waals surface area contributed by atoms with E-state index in [0.29, 0.717) is 11.5 Å². The van der Waals surface area contributed by atoms with Crippen molar-refractivity contribution in [2.24, 2.45) is 0 Å². The van der Waals surface area contributed by atoms with Gasteiger partial charge in [-0.3, -0.25) is 9.59 Å². The number of carbonyl (C=O) groups is 1. The minimum absolute atomic E-state index is 0.0414. The third-order valence-corrected chi connectivity index (χ3v) is 4.45. The zero-order valence-corrected chi connectivity index (χ0v) is 16.3. The number of ether oxygens (including phenoxy) is 1. The fourth-order valence-electron chi connectivity index (χ4n) is 2.89. The van der Waals surface area contributed by atoms with Crippen molar-refractivity contribution in [2.45, 2.75) is 32.9 Å². The molecular weight excluding hydrogens is 358 g/mol. The van der Waals surface area contributed by atoms with Crippen molar-refractivity contribution in [3.63, 3.8) is 0 Å². The summed E-state index contributed by atoms with van der Waals surface area (Å²) in [6.45, 7) is 5.81. The number of methoxy groups -OCH3 is 1. The molecule has 2 aromatic heterocycles. The molecule has 2 N–H and O–H groups in total. The molecule has 1 aromatic carbocycles. The molecule has 1 unspecified atom stereocenters. The van der Waals surface area contributed by atoms with E-state index in [1.54, 1.807) is 38.6 Å². The Kier molecular flexibility index (Phi) is 5.58. The minimum Gasteiger partial charge on any atom is -0.497 e. The zero-order chi connectivity index (χ0) is 20.3. The molecule has 0 aliphatic heterocycles. The summed E-state index contributed by atoms with van der Waals surface area (Å²) in [7, 11) is 1.59. The van der Waals surface area contributed by atoms with Crippen molar-refractivity contribution >= 4 is 5.91 Å². The average molecular weight is 381 g/mol. The van der Waals surface area contributed by atoms with E-state index in [-0.39, 0.29) is 11.6 Å². The first kappa shape index (κ1) is 19.3. The number of nitrogens with zero attached hydrogens (tertiary/aromatic N) is 3. The van der Waals surface area contributed by atoms with Gasteiger partial charge in [-0.25, -0.2) is 0 Å². The molecule has 0 aliphatic carbocycles. The van der Waals surface area contributed by atoms with Crippen LogP contribution in [0.4, 0.5) is 0 Å². The molecule has 0 fully saturated rings. The highest BCUT2D eigenvalue weighted by Crippen LogP contribution is 2.20. The Hall–Kier alpha value is -3.42. The van der Waals surface area contributed by atoms with Crippen LogP contribution in [0.15, 0.2) is 47.5 Å². The van der Waals surface area contributed by atoms with Gasteiger partial charge in [0.25, 0.3) is 11.5 Å². The van der Waals surface area contributed by atoms with Gasteiger partial charge in [0, 0.05) is 11.7 Å². The van der Waals surface area contributed by atoms with Gasteiger partial charge in [0.05, 0.1) is 13.2 Å². The van der Waals surface area contributed by atoms with E-state index >= 15 is 0 Å². The second-order valence-electron chi connectivity index (χ2n) is 6.73. The lowest BCUT2D eigenvalue weighted by Crippen LogP contribution is -2.33. The minimum atomic E-state index is -0.465. The van der Waals surface area contributed by atoms with E-state index in [1.807, 2.05) is 30.5 Å². The van der Waals surface area contributed by atoms with Crippen molar-refractivity contribution in [3.8, 4) is 17.0 Å². The molecule has 3 rings (SSSR count). The van der Waals surface area contributed by atoms with Gasteiger partial charge in [-0.05, 0) is 62.7 Å². The topological polar surface area (TPSA) is 102 Å². The normalized spacial score (nSPS) is 12.0. The van der Waals surface area contributed by atoms with Gasteiger partial charge in [-0.2, -0.15) is 0 Å². The number of carbonyl (C=O) groups excluding carboxylic acids is 1. The fourth-order valence-corrected chi connectivity index (χ4v) is 2.89. The molecule has 0 radical (unpaired) electrons. The van der Waals surface area contributed by atoms with Gasteiger partial charge in [-0.1, -0.05) is 0 Å². The van der Waals surface area contributed by atoms with Gasteiger partial charge < -0.3 is 19.6 Å². The number of nitrogens with one attached hydrogen (secondary N) is 2. The number of H-pyrrole nitrogens is 1. The highest BCUT2D eigenvalue weighted by molar-refractivity contribution is 5.94. The maximum atomic E-state index is 12.6. The van der Waals surface area contributed by atoms with E-state index in [1.165, 1.54) is 6.07 Å². The van der Waals surface area contributed by atoms with Crippen LogP contribution in [-0.2, 0) is 0 Å².